The molecule has 2 N–H and O–H groups in total. The van der Waals surface area contributed by atoms with Crippen LogP contribution in [0.25, 0.3) is 10.6 Å². The molecule has 0 saturated carbocycles. The summed E-state index contributed by atoms with van der Waals surface area (Å²) in [6.45, 7) is 0.173. The van der Waals surface area contributed by atoms with E-state index in [1.165, 1.54) is 12.3 Å². The summed E-state index contributed by atoms with van der Waals surface area (Å²) in [5, 5.41) is 5.51. The molecule has 2 aromatic carbocycles. The van der Waals surface area contributed by atoms with Gasteiger partial charge >= 0.3 is 0 Å². The van der Waals surface area contributed by atoms with Gasteiger partial charge in [0, 0.05) is 28.7 Å². The van der Waals surface area contributed by atoms with Crippen LogP contribution in [-0.4, -0.2) is 39.6 Å². The first-order valence-electron chi connectivity index (χ1n) is 12.2. The molecule has 5 rings (SSSR count). The molecule has 2 aliphatic heterocycles. The number of hydrogen-bond acceptors (Lipinski definition) is 7. The highest BCUT2D eigenvalue weighted by Crippen LogP contribution is 2.33. The van der Waals surface area contributed by atoms with Crippen molar-refractivity contribution in [2.75, 3.05) is 5.32 Å². The minimum absolute atomic E-state index is 0.00325. The Kier molecular flexibility index (Phi) is 3.76. The molecule has 8 nitrogen and oxygen atoms in total. The summed E-state index contributed by atoms with van der Waals surface area (Å²) in [7, 11) is 0. The van der Waals surface area contributed by atoms with Gasteiger partial charge < -0.3 is 5.32 Å². The second kappa shape index (κ2) is 8.01. The zero-order valence-electron chi connectivity index (χ0n) is 21.4. The fourth-order valence-corrected chi connectivity index (χ4v) is 4.51. The van der Waals surface area contributed by atoms with Crippen LogP contribution in [0.2, 0.25) is 0 Å². The summed E-state index contributed by atoms with van der Waals surface area (Å²) in [4.78, 5) is 55.8. The van der Waals surface area contributed by atoms with E-state index in [1.54, 1.807) is 12.1 Å². The second-order valence-electron chi connectivity index (χ2n) is 7.16. The third kappa shape index (κ3) is 3.46. The van der Waals surface area contributed by atoms with Crippen molar-refractivity contribution in [3.05, 3.63) is 70.6 Å². The Labute approximate surface area is 194 Å². The molecule has 1 unspecified atom stereocenters. The number of benzene rings is 2. The van der Waals surface area contributed by atoms with Crippen molar-refractivity contribution in [1.82, 2.24) is 15.2 Å². The van der Waals surface area contributed by atoms with Crippen molar-refractivity contribution >= 4 is 40.7 Å². The predicted octanol–water partition coefficient (Wildman–Crippen LogP) is 2.82. The average Bonchev–Trinajstić information content (AvgIpc) is 3.43. The number of carbonyl (C=O) groups is 4. The molecular weight excluding hydrogens is 428 g/mol. The van der Waals surface area contributed by atoms with Crippen molar-refractivity contribution in [3.8, 4) is 10.6 Å². The first kappa shape index (κ1) is 15.0. The molecule has 9 heteroatoms. The molecule has 1 saturated heterocycles. The number of piperidine rings is 1. The Morgan fingerprint density at radius 1 is 1.16 bits per heavy atom. The number of aromatic nitrogens is 1. The number of anilines is 1. The van der Waals surface area contributed by atoms with E-state index in [0.29, 0.717) is 10.6 Å². The van der Waals surface area contributed by atoms with E-state index in [-0.39, 0.29) is 53.2 Å². The SMILES string of the molecule is [2H]c1c([2H])c([2H])c(-c2ncc(CNc3cccc4c3C(=O)N(C3CCC(=O)NC3=O)C4=O)s2)c([2H])c1[2H]. The Bertz CT molecular complexity index is 1500. The molecule has 0 aliphatic carbocycles. The lowest BCUT2D eigenvalue weighted by Crippen LogP contribution is -2.54. The van der Waals surface area contributed by atoms with Crippen LogP contribution in [0.5, 0.6) is 0 Å². The molecular formula is C23H18N4O4S. The summed E-state index contributed by atoms with van der Waals surface area (Å²) in [5.74, 6) is -2.39. The largest absolute Gasteiger partial charge is 0.379 e. The lowest BCUT2D eigenvalue weighted by atomic mass is 10.0. The summed E-state index contributed by atoms with van der Waals surface area (Å²) >= 11 is 1.13. The lowest BCUT2D eigenvalue weighted by molar-refractivity contribution is -0.136. The highest BCUT2D eigenvalue weighted by molar-refractivity contribution is 7.15. The molecule has 3 aromatic rings. The highest BCUT2D eigenvalue weighted by Gasteiger charge is 2.45. The highest BCUT2D eigenvalue weighted by atomic mass is 32.1. The monoisotopic (exact) mass is 451 g/mol. The van der Waals surface area contributed by atoms with Gasteiger partial charge in [0.05, 0.1) is 24.5 Å². The number of carbonyl (C=O) groups excluding carboxylic acids is 4. The number of thiazole rings is 1. The van der Waals surface area contributed by atoms with E-state index >= 15 is 0 Å². The maximum Gasteiger partial charge on any atom is 0.264 e. The van der Waals surface area contributed by atoms with E-state index in [9.17, 15) is 19.2 Å². The van der Waals surface area contributed by atoms with Gasteiger partial charge in [0.25, 0.3) is 11.8 Å². The third-order valence-corrected chi connectivity index (χ3v) is 6.20. The van der Waals surface area contributed by atoms with Crippen molar-refractivity contribution in [2.45, 2.75) is 25.4 Å². The topological polar surface area (TPSA) is 108 Å². The van der Waals surface area contributed by atoms with Crippen LogP contribution in [-0.2, 0) is 16.1 Å². The summed E-state index contributed by atoms with van der Waals surface area (Å²) in [6.07, 6.45) is 1.58. The molecule has 1 atom stereocenters. The number of rotatable bonds is 5. The van der Waals surface area contributed by atoms with Crippen LogP contribution < -0.4 is 10.6 Å². The van der Waals surface area contributed by atoms with Crippen LogP contribution in [0.3, 0.4) is 0 Å². The van der Waals surface area contributed by atoms with E-state index in [2.05, 4.69) is 15.6 Å². The number of nitrogens with one attached hydrogen (secondary N) is 2. The van der Waals surface area contributed by atoms with Crippen LogP contribution in [0.4, 0.5) is 5.69 Å². The average molecular weight is 452 g/mol. The van der Waals surface area contributed by atoms with E-state index < -0.39 is 47.8 Å². The van der Waals surface area contributed by atoms with E-state index in [0.717, 1.165) is 16.2 Å². The van der Waals surface area contributed by atoms with Crippen LogP contribution in [0.1, 0.15) is 45.3 Å². The standard InChI is InChI=1S/C23H18N4O4S/c28-18-10-9-17(20(29)26-18)27-22(30)15-7-4-8-16(19(15)23(27)31)24-11-14-12-25-21(32-14)13-5-2-1-3-6-13/h1-8,12,17,24H,9-11H2,(H,26,28,29)/i1D,2D,3D,5D,6D. The van der Waals surface area contributed by atoms with Crippen LogP contribution >= 0.6 is 11.3 Å². The van der Waals surface area contributed by atoms with Gasteiger partial charge in [-0.1, -0.05) is 36.3 Å². The summed E-state index contributed by atoms with van der Waals surface area (Å²) < 4.78 is 39.7. The van der Waals surface area contributed by atoms with Gasteiger partial charge in [-0.15, -0.1) is 11.3 Å². The normalized spacial score (nSPS) is 20.2. The van der Waals surface area contributed by atoms with Crippen molar-refractivity contribution in [1.29, 1.82) is 0 Å². The number of imide groups is 2. The smallest absolute Gasteiger partial charge is 0.264 e. The fourth-order valence-electron chi connectivity index (χ4n) is 3.71. The Balaban J connectivity index is 1.39. The maximum absolute atomic E-state index is 13.2. The van der Waals surface area contributed by atoms with Crippen LogP contribution in [0, 0.1) is 0 Å². The fraction of sp³-hybridized carbons (Fsp3) is 0.174. The molecule has 1 aromatic heterocycles. The van der Waals surface area contributed by atoms with Gasteiger partial charge in [-0.05, 0) is 18.6 Å². The molecule has 0 bridgehead atoms. The van der Waals surface area contributed by atoms with Gasteiger partial charge in [-0.25, -0.2) is 4.98 Å². The molecule has 4 amide bonds. The van der Waals surface area contributed by atoms with Crippen molar-refractivity contribution in [3.63, 3.8) is 0 Å². The molecule has 3 heterocycles. The Morgan fingerprint density at radius 2 is 1.97 bits per heavy atom. The van der Waals surface area contributed by atoms with E-state index in [4.69, 9.17) is 6.85 Å². The van der Waals surface area contributed by atoms with Gasteiger partial charge in [0.1, 0.15) is 11.0 Å². The van der Waals surface area contributed by atoms with Crippen LogP contribution in [0.15, 0.2) is 54.6 Å². The molecule has 0 radical (unpaired) electrons. The molecule has 160 valence electrons. The maximum atomic E-state index is 13.2. The number of nitrogens with zero attached hydrogens (tertiary/aromatic N) is 2. The first-order chi connectivity index (χ1) is 17.6. The minimum atomic E-state index is -1.07. The zero-order valence-corrected chi connectivity index (χ0v) is 17.3. The van der Waals surface area contributed by atoms with Gasteiger partial charge in [-0.2, -0.15) is 0 Å². The molecule has 32 heavy (non-hydrogen) atoms. The van der Waals surface area contributed by atoms with Gasteiger partial charge in [0.2, 0.25) is 11.8 Å². The number of amides is 4. The second-order valence-corrected chi connectivity index (χ2v) is 8.28. The first-order valence-corrected chi connectivity index (χ1v) is 10.5. The van der Waals surface area contributed by atoms with Crippen molar-refractivity contribution < 1.29 is 26.0 Å². The van der Waals surface area contributed by atoms with Gasteiger partial charge in [0.15, 0.2) is 0 Å². The summed E-state index contributed by atoms with van der Waals surface area (Å²) in [6, 6.07) is 1.57. The number of hydrogen-bond donors (Lipinski definition) is 2. The Morgan fingerprint density at radius 3 is 2.75 bits per heavy atom. The number of fused-ring (bicyclic) bond motifs is 1. The minimum Gasteiger partial charge on any atom is -0.379 e. The van der Waals surface area contributed by atoms with E-state index in [1.807, 2.05) is 0 Å². The molecule has 0 spiro atoms. The third-order valence-electron chi connectivity index (χ3n) is 5.19. The molecule has 1 fully saturated rings. The Hall–Kier alpha value is -3.85. The molecule has 2 aliphatic rings. The predicted molar refractivity (Wildman–Crippen MR) is 118 cm³/mol. The van der Waals surface area contributed by atoms with Gasteiger partial charge in [-0.3, -0.25) is 29.4 Å². The summed E-state index contributed by atoms with van der Waals surface area (Å²) in [5.41, 5.74) is 0.628. The van der Waals surface area contributed by atoms with Crippen molar-refractivity contribution in [2.24, 2.45) is 0 Å². The quantitative estimate of drug-likeness (QED) is 0.578. The zero-order chi connectivity index (χ0) is 26.6. The lowest BCUT2D eigenvalue weighted by Gasteiger charge is -2.27.